The third-order valence-electron chi connectivity index (χ3n) is 12.4. The fourth-order valence-electron chi connectivity index (χ4n) is 9.22. The predicted molar refractivity (Wildman–Crippen MR) is 256 cm³/mol. The standard InChI is InChI=1S/C56H42N4O2/c1-56(2,3)40-29-42(59-35-58(41-18-8-5-9-19-41)50-20-12-13-21-51(50)59)31-44(30-40)61-43-23-24-45-46-26-39(36-14-6-4-7-15-36)22-25-49(46)60(52(45)32-43)55-33-54-48(34-57-55)47-27-37-16-10-11-17-38(37)28-53(47)62-54/h4-34H,35H2,1-3H3. The van der Waals surface area contributed by atoms with Crippen LogP contribution >= 0.6 is 0 Å². The Hall–Kier alpha value is -7.83. The van der Waals surface area contributed by atoms with Gasteiger partial charge in [0, 0.05) is 57.3 Å². The van der Waals surface area contributed by atoms with Gasteiger partial charge in [0.15, 0.2) is 0 Å². The average Bonchev–Trinajstić information content (AvgIpc) is 3.97. The number of pyridine rings is 1. The van der Waals surface area contributed by atoms with Crippen LogP contribution in [0.25, 0.3) is 71.5 Å². The minimum Gasteiger partial charge on any atom is -0.457 e. The Labute approximate surface area is 359 Å². The molecule has 0 bridgehead atoms. The smallest absolute Gasteiger partial charge is 0.141 e. The first kappa shape index (κ1) is 36.1. The third-order valence-corrected chi connectivity index (χ3v) is 12.4. The summed E-state index contributed by atoms with van der Waals surface area (Å²) in [5.41, 5.74) is 11.7. The van der Waals surface area contributed by atoms with Crippen molar-refractivity contribution in [2.24, 2.45) is 0 Å². The molecular formula is C56H42N4O2. The van der Waals surface area contributed by atoms with Gasteiger partial charge in [-0.05, 0) is 106 Å². The molecule has 62 heavy (non-hydrogen) atoms. The van der Waals surface area contributed by atoms with Gasteiger partial charge in [0.25, 0.3) is 0 Å². The second-order valence-corrected chi connectivity index (χ2v) is 17.3. The summed E-state index contributed by atoms with van der Waals surface area (Å²) in [7, 11) is 0. The lowest BCUT2D eigenvalue weighted by molar-refractivity contribution is 0.479. The van der Waals surface area contributed by atoms with Crippen LogP contribution in [0.4, 0.5) is 22.7 Å². The van der Waals surface area contributed by atoms with Gasteiger partial charge in [0.05, 0.1) is 22.4 Å². The van der Waals surface area contributed by atoms with E-state index in [1.165, 1.54) is 22.2 Å². The maximum absolute atomic E-state index is 6.96. The summed E-state index contributed by atoms with van der Waals surface area (Å²) in [4.78, 5) is 9.90. The number of furan rings is 1. The van der Waals surface area contributed by atoms with Crippen molar-refractivity contribution in [1.82, 2.24) is 9.55 Å². The van der Waals surface area contributed by atoms with Gasteiger partial charge in [-0.2, -0.15) is 0 Å². The van der Waals surface area contributed by atoms with Crippen LogP contribution in [0.3, 0.4) is 0 Å². The molecule has 0 atom stereocenters. The molecule has 0 radical (unpaired) electrons. The molecule has 4 heterocycles. The van der Waals surface area contributed by atoms with Crippen molar-refractivity contribution in [1.29, 1.82) is 0 Å². The van der Waals surface area contributed by atoms with Gasteiger partial charge in [-0.3, -0.25) is 4.57 Å². The zero-order valence-electron chi connectivity index (χ0n) is 34.7. The van der Waals surface area contributed by atoms with Crippen molar-refractivity contribution in [3.8, 4) is 28.4 Å². The summed E-state index contributed by atoms with van der Waals surface area (Å²) in [6.07, 6.45) is 1.95. The molecule has 0 aliphatic carbocycles. The Morgan fingerprint density at radius 3 is 1.97 bits per heavy atom. The zero-order chi connectivity index (χ0) is 41.5. The third kappa shape index (κ3) is 5.98. The quantitative estimate of drug-likeness (QED) is 0.168. The summed E-state index contributed by atoms with van der Waals surface area (Å²) < 4.78 is 15.8. The van der Waals surface area contributed by atoms with Crippen LogP contribution in [0.5, 0.6) is 11.5 Å². The maximum Gasteiger partial charge on any atom is 0.141 e. The first-order chi connectivity index (χ1) is 30.3. The number of aromatic nitrogens is 2. The number of hydrogen-bond donors (Lipinski definition) is 0. The van der Waals surface area contributed by atoms with E-state index in [9.17, 15) is 0 Å². The zero-order valence-corrected chi connectivity index (χ0v) is 34.7. The van der Waals surface area contributed by atoms with Gasteiger partial charge >= 0.3 is 0 Å². The summed E-state index contributed by atoms with van der Waals surface area (Å²) in [5.74, 6) is 2.30. The minimum absolute atomic E-state index is 0.118. The van der Waals surface area contributed by atoms with E-state index in [1.54, 1.807) is 0 Å². The van der Waals surface area contributed by atoms with Crippen LogP contribution in [0, 0.1) is 0 Å². The van der Waals surface area contributed by atoms with Gasteiger partial charge in [0.2, 0.25) is 0 Å². The molecule has 0 saturated carbocycles. The van der Waals surface area contributed by atoms with Crippen molar-refractivity contribution in [3.05, 3.63) is 194 Å². The topological polar surface area (TPSA) is 46.7 Å². The summed E-state index contributed by atoms with van der Waals surface area (Å²) in [6, 6.07) is 64.4. The molecule has 0 fully saturated rings. The monoisotopic (exact) mass is 802 g/mol. The summed E-state index contributed by atoms with van der Waals surface area (Å²) in [5, 5.41) is 6.63. The highest BCUT2D eigenvalue weighted by atomic mass is 16.5. The van der Waals surface area contributed by atoms with Crippen LogP contribution in [0.1, 0.15) is 26.3 Å². The van der Waals surface area contributed by atoms with Crippen LogP contribution in [0.2, 0.25) is 0 Å². The molecule has 0 spiro atoms. The van der Waals surface area contributed by atoms with Gasteiger partial charge in [-0.1, -0.05) is 112 Å². The van der Waals surface area contributed by atoms with E-state index in [4.69, 9.17) is 14.1 Å². The highest BCUT2D eigenvalue weighted by molar-refractivity contribution is 6.12. The summed E-state index contributed by atoms with van der Waals surface area (Å²) >= 11 is 0. The Morgan fingerprint density at radius 1 is 0.500 bits per heavy atom. The van der Waals surface area contributed by atoms with Crippen molar-refractivity contribution < 1.29 is 9.15 Å². The van der Waals surface area contributed by atoms with Crippen molar-refractivity contribution >= 4 is 77.3 Å². The SMILES string of the molecule is CC(C)(C)c1cc(Oc2ccc3c4cc(-c5ccccc5)ccc4n(-c4cc5oc6cc7ccccc7cc6c5cn4)c3c2)cc(N2CN(c3ccccc3)c3ccccc32)c1. The second-order valence-electron chi connectivity index (χ2n) is 17.3. The lowest BCUT2D eigenvalue weighted by Gasteiger charge is -2.26. The molecule has 0 saturated heterocycles. The molecule has 6 nitrogen and oxygen atoms in total. The molecule has 0 N–H and O–H groups in total. The molecule has 11 aromatic rings. The molecule has 1 aliphatic heterocycles. The number of benzene rings is 8. The molecule has 298 valence electrons. The molecular weight excluding hydrogens is 761 g/mol. The Balaban J connectivity index is 0.994. The Morgan fingerprint density at radius 2 is 1.19 bits per heavy atom. The highest BCUT2D eigenvalue weighted by Gasteiger charge is 2.29. The van der Waals surface area contributed by atoms with E-state index in [2.05, 4.69) is 217 Å². The minimum atomic E-state index is -0.118. The molecule has 1 aliphatic rings. The molecule has 6 heteroatoms. The fourth-order valence-corrected chi connectivity index (χ4v) is 9.22. The van der Waals surface area contributed by atoms with Crippen LogP contribution in [-0.2, 0) is 5.41 Å². The van der Waals surface area contributed by atoms with Crippen molar-refractivity contribution in [2.75, 3.05) is 16.5 Å². The lowest BCUT2D eigenvalue weighted by atomic mass is 9.86. The highest BCUT2D eigenvalue weighted by Crippen LogP contribution is 2.46. The molecule has 0 unspecified atom stereocenters. The van der Waals surface area contributed by atoms with Gasteiger partial charge in [-0.15, -0.1) is 0 Å². The number of ether oxygens (including phenoxy) is 1. The Bertz CT molecular complexity index is 3530. The number of nitrogens with zero attached hydrogens (tertiary/aromatic N) is 4. The number of hydrogen-bond acceptors (Lipinski definition) is 5. The van der Waals surface area contributed by atoms with E-state index in [0.29, 0.717) is 6.67 Å². The number of para-hydroxylation sites is 3. The summed E-state index contributed by atoms with van der Waals surface area (Å²) in [6.45, 7) is 7.46. The molecule has 8 aromatic carbocycles. The largest absolute Gasteiger partial charge is 0.457 e. The van der Waals surface area contributed by atoms with E-state index in [1.807, 2.05) is 6.20 Å². The molecule has 0 amide bonds. The van der Waals surface area contributed by atoms with Gasteiger partial charge in [-0.25, -0.2) is 4.98 Å². The first-order valence-electron chi connectivity index (χ1n) is 21.2. The van der Waals surface area contributed by atoms with Crippen LogP contribution in [-0.4, -0.2) is 16.2 Å². The van der Waals surface area contributed by atoms with Crippen molar-refractivity contribution in [2.45, 2.75) is 26.2 Å². The molecule has 3 aromatic heterocycles. The van der Waals surface area contributed by atoms with Gasteiger partial charge < -0.3 is 19.0 Å². The van der Waals surface area contributed by atoms with E-state index >= 15 is 0 Å². The van der Waals surface area contributed by atoms with E-state index in [-0.39, 0.29) is 5.41 Å². The first-order valence-corrected chi connectivity index (χ1v) is 21.2. The Kier molecular flexibility index (Phi) is 8.06. The number of fused-ring (bicyclic) bond motifs is 8. The normalized spacial score (nSPS) is 13.0. The van der Waals surface area contributed by atoms with E-state index < -0.39 is 0 Å². The lowest BCUT2D eigenvalue weighted by Crippen LogP contribution is -2.24. The predicted octanol–water partition coefficient (Wildman–Crippen LogP) is 15.2. The van der Waals surface area contributed by atoms with Crippen LogP contribution in [0.15, 0.2) is 193 Å². The fraction of sp³-hybridized carbons (Fsp3) is 0.0893. The maximum atomic E-state index is 6.96. The second kappa shape index (κ2) is 13.9. The van der Waals surface area contributed by atoms with Crippen LogP contribution < -0.4 is 14.5 Å². The van der Waals surface area contributed by atoms with Crippen molar-refractivity contribution in [3.63, 3.8) is 0 Å². The number of rotatable bonds is 6. The van der Waals surface area contributed by atoms with E-state index in [0.717, 1.165) is 89.1 Å². The van der Waals surface area contributed by atoms with Gasteiger partial charge in [0.1, 0.15) is 35.2 Å². The molecule has 12 rings (SSSR count). The number of anilines is 4. The average molecular weight is 803 g/mol.